The Kier molecular flexibility index (Phi) is 5.84. The van der Waals surface area contributed by atoms with Crippen LogP contribution in [0.2, 0.25) is 0 Å². The summed E-state index contributed by atoms with van der Waals surface area (Å²) in [6.07, 6.45) is -0.538. The van der Waals surface area contributed by atoms with Crippen LogP contribution >= 0.6 is 22.7 Å². The lowest BCUT2D eigenvalue weighted by Crippen LogP contribution is -2.31. The van der Waals surface area contributed by atoms with Gasteiger partial charge in [0.2, 0.25) is 0 Å². The van der Waals surface area contributed by atoms with E-state index in [1.165, 1.54) is 26.8 Å². The van der Waals surface area contributed by atoms with Crippen LogP contribution in [0, 0.1) is 0 Å². The van der Waals surface area contributed by atoms with Crippen LogP contribution in [0.1, 0.15) is 5.56 Å². The molecule has 3 nitrogen and oxygen atoms in total. The summed E-state index contributed by atoms with van der Waals surface area (Å²) in [5, 5.41) is 21.0. The molecule has 0 aliphatic heterocycles. The Labute approximate surface area is 166 Å². The van der Waals surface area contributed by atoms with Gasteiger partial charge in [0.05, 0.1) is 0 Å². The van der Waals surface area contributed by atoms with Gasteiger partial charge >= 0.3 is 0 Å². The Bertz CT molecular complexity index is 977. The third-order valence-electron chi connectivity index (χ3n) is 4.38. The molecule has 2 heterocycles. The fourth-order valence-corrected chi connectivity index (χ4v) is 4.60. The minimum absolute atomic E-state index is 0.275. The SMILES string of the molecule is OC(CNCc1ccsc1)COc1ccc(-c2csc3ccccc23)cc1. The second-order valence-corrected chi connectivity index (χ2v) is 8.09. The van der Waals surface area contributed by atoms with Crippen LogP contribution in [0.15, 0.2) is 70.7 Å². The highest BCUT2D eigenvalue weighted by molar-refractivity contribution is 7.17. The predicted octanol–water partition coefficient (Wildman–Crippen LogP) is 5.16. The molecule has 5 heteroatoms. The van der Waals surface area contributed by atoms with Crippen LogP contribution in [0.5, 0.6) is 5.75 Å². The molecule has 0 aliphatic rings. The number of hydrogen-bond acceptors (Lipinski definition) is 5. The minimum Gasteiger partial charge on any atom is -0.491 e. The summed E-state index contributed by atoms with van der Waals surface area (Å²) < 4.78 is 7.03. The molecule has 4 rings (SSSR count). The van der Waals surface area contributed by atoms with Crippen LogP contribution in [0.3, 0.4) is 0 Å². The van der Waals surface area contributed by atoms with Gasteiger partial charge in [-0.2, -0.15) is 11.3 Å². The van der Waals surface area contributed by atoms with E-state index in [0.29, 0.717) is 6.54 Å². The largest absolute Gasteiger partial charge is 0.491 e. The number of ether oxygens (including phenoxy) is 1. The molecule has 27 heavy (non-hydrogen) atoms. The number of benzene rings is 2. The number of aliphatic hydroxyl groups is 1. The Hall–Kier alpha value is -2.18. The predicted molar refractivity (Wildman–Crippen MR) is 115 cm³/mol. The highest BCUT2D eigenvalue weighted by atomic mass is 32.1. The zero-order valence-electron chi connectivity index (χ0n) is 14.8. The topological polar surface area (TPSA) is 41.5 Å². The lowest BCUT2D eigenvalue weighted by Gasteiger charge is -2.13. The Balaban J connectivity index is 1.30. The first kappa shape index (κ1) is 18.2. The number of hydrogen-bond donors (Lipinski definition) is 2. The van der Waals surface area contributed by atoms with Crippen molar-refractivity contribution in [3.05, 3.63) is 76.3 Å². The van der Waals surface area contributed by atoms with Crippen LogP contribution in [-0.4, -0.2) is 24.4 Å². The first-order valence-corrected chi connectivity index (χ1v) is 10.7. The van der Waals surface area contributed by atoms with E-state index in [-0.39, 0.29) is 6.61 Å². The van der Waals surface area contributed by atoms with Crippen molar-refractivity contribution in [1.29, 1.82) is 0 Å². The molecule has 0 fully saturated rings. The zero-order chi connectivity index (χ0) is 18.5. The normalized spacial score (nSPS) is 12.3. The first-order valence-electron chi connectivity index (χ1n) is 8.89. The molecule has 0 saturated carbocycles. The van der Waals surface area contributed by atoms with Crippen molar-refractivity contribution in [3.63, 3.8) is 0 Å². The average Bonchev–Trinajstić information content (AvgIpc) is 3.37. The summed E-state index contributed by atoms with van der Waals surface area (Å²) in [6, 6.07) is 18.6. The fraction of sp³-hybridized carbons (Fsp3) is 0.182. The van der Waals surface area contributed by atoms with Gasteiger partial charge in [-0.1, -0.05) is 30.3 Å². The van der Waals surface area contributed by atoms with Crippen LogP contribution < -0.4 is 10.1 Å². The van der Waals surface area contributed by atoms with Crippen LogP contribution in [0.25, 0.3) is 21.2 Å². The minimum atomic E-state index is -0.538. The van der Waals surface area contributed by atoms with Gasteiger partial charge < -0.3 is 15.2 Å². The average molecular weight is 396 g/mol. The van der Waals surface area contributed by atoms with E-state index >= 15 is 0 Å². The van der Waals surface area contributed by atoms with Gasteiger partial charge in [-0.3, -0.25) is 0 Å². The Morgan fingerprint density at radius 1 is 1.00 bits per heavy atom. The second kappa shape index (κ2) is 8.67. The first-order chi connectivity index (χ1) is 13.3. The van der Waals surface area contributed by atoms with Gasteiger partial charge in [0.25, 0.3) is 0 Å². The van der Waals surface area contributed by atoms with E-state index in [2.05, 4.69) is 63.9 Å². The number of rotatable bonds is 8. The summed E-state index contributed by atoms with van der Waals surface area (Å²) in [5.74, 6) is 0.773. The highest BCUT2D eigenvalue weighted by Crippen LogP contribution is 2.34. The number of aliphatic hydroxyl groups excluding tert-OH is 1. The van der Waals surface area contributed by atoms with E-state index < -0.39 is 6.10 Å². The molecule has 2 aromatic carbocycles. The molecular formula is C22H21NO2S2. The summed E-state index contributed by atoms with van der Waals surface area (Å²) in [6.45, 7) is 1.55. The van der Waals surface area contributed by atoms with Gasteiger partial charge in [0, 0.05) is 28.7 Å². The lowest BCUT2D eigenvalue weighted by atomic mass is 10.0. The number of fused-ring (bicyclic) bond motifs is 1. The molecule has 2 N–H and O–H groups in total. The van der Waals surface area contributed by atoms with Gasteiger partial charge in [0.15, 0.2) is 0 Å². The molecule has 0 amide bonds. The maximum Gasteiger partial charge on any atom is 0.119 e. The molecule has 1 atom stereocenters. The lowest BCUT2D eigenvalue weighted by molar-refractivity contribution is 0.106. The van der Waals surface area contributed by atoms with Crippen LogP contribution in [-0.2, 0) is 6.54 Å². The molecule has 2 aromatic heterocycles. The van der Waals surface area contributed by atoms with Crippen molar-refractivity contribution in [2.24, 2.45) is 0 Å². The molecule has 0 saturated heterocycles. The summed E-state index contributed by atoms with van der Waals surface area (Å²) in [4.78, 5) is 0. The molecule has 138 valence electrons. The van der Waals surface area contributed by atoms with Crippen LogP contribution in [0.4, 0.5) is 0 Å². The van der Waals surface area contributed by atoms with Crippen molar-refractivity contribution in [2.45, 2.75) is 12.6 Å². The molecule has 0 spiro atoms. The molecule has 0 bridgehead atoms. The van der Waals surface area contributed by atoms with Crippen molar-refractivity contribution in [1.82, 2.24) is 5.32 Å². The zero-order valence-corrected chi connectivity index (χ0v) is 16.4. The number of thiophene rings is 2. The smallest absolute Gasteiger partial charge is 0.119 e. The molecular weight excluding hydrogens is 374 g/mol. The van der Waals surface area contributed by atoms with E-state index in [1.807, 2.05) is 12.1 Å². The maximum atomic E-state index is 10.1. The van der Waals surface area contributed by atoms with Gasteiger partial charge in [-0.25, -0.2) is 0 Å². The van der Waals surface area contributed by atoms with Crippen molar-refractivity contribution in [2.75, 3.05) is 13.2 Å². The molecule has 4 aromatic rings. The highest BCUT2D eigenvalue weighted by Gasteiger charge is 2.08. The Morgan fingerprint density at radius 3 is 2.67 bits per heavy atom. The fourth-order valence-electron chi connectivity index (χ4n) is 2.96. The maximum absolute atomic E-state index is 10.1. The summed E-state index contributed by atoms with van der Waals surface area (Å²) in [7, 11) is 0. The van der Waals surface area contributed by atoms with E-state index in [4.69, 9.17) is 4.74 Å². The van der Waals surface area contributed by atoms with Gasteiger partial charge in [-0.05, 0) is 51.5 Å². The standard InChI is InChI=1S/C22H21NO2S2/c24-18(12-23-11-16-9-10-26-14-16)13-25-19-7-5-17(6-8-19)21-15-27-22-4-2-1-3-20(21)22/h1-10,14-15,18,23-24H,11-13H2. The second-order valence-electron chi connectivity index (χ2n) is 6.40. The summed E-state index contributed by atoms with van der Waals surface area (Å²) in [5.41, 5.74) is 3.67. The molecule has 0 aliphatic carbocycles. The van der Waals surface area contributed by atoms with Crippen molar-refractivity contribution in [3.8, 4) is 16.9 Å². The third-order valence-corrected chi connectivity index (χ3v) is 6.07. The summed E-state index contributed by atoms with van der Waals surface area (Å²) >= 11 is 3.44. The van der Waals surface area contributed by atoms with E-state index in [9.17, 15) is 5.11 Å². The van der Waals surface area contributed by atoms with E-state index in [1.54, 1.807) is 22.7 Å². The Morgan fingerprint density at radius 2 is 1.85 bits per heavy atom. The quantitative estimate of drug-likeness (QED) is 0.433. The van der Waals surface area contributed by atoms with Gasteiger partial charge in [-0.15, -0.1) is 11.3 Å². The van der Waals surface area contributed by atoms with Crippen molar-refractivity contribution >= 4 is 32.8 Å². The van der Waals surface area contributed by atoms with Gasteiger partial charge in [0.1, 0.15) is 18.5 Å². The third kappa shape index (κ3) is 4.57. The monoisotopic (exact) mass is 395 g/mol. The number of nitrogens with one attached hydrogen (secondary N) is 1. The van der Waals surface area contributed by atoms with E-state index in [0.717, 1.165) is 12.3 Å². The molecule has 0 radical (unpaired) electrons. The molecule has 1 unspecified atom stereocenters. The van der Waals surface area contributed by atoms with Crippen molar-refractivity contribution < 1.29 is 9.84 Å².